The molecule has 0 spiro atoms. The van der Waals surface area contributed by atoms with Crippen LogP contribution in [0.2, 0.25) is 0 Å². The summed E-state index contributed by atoms with van der Waals surface area (Å²) in [6.07, 6.45) is 5.06. The quantitative estimate of drug-likeness (QED) is 0.221. The van der Waals surface area contributed by atoms with Crippen molar-refractivity contribution in [1.29, 1.82) is 0 Å². The minimum absolute atomic E-state index is 0. The molecule has 5 rings (SSSR count). The Balaban J connectivity index is 0.000000319. The van der Waals surface area contributed by atoms with Gasteiger partial charge in [-0.1, -0.05) is 42.6 Å². The molecular formula is C29H26IrN2S-2. The van der Waals surface area contributed by atoms with Gasteiger partial charge in [-0.3, -0.25) is 11.6 Å². The molecule has 2 aromatic heterocycles. The number of hydrogen-bond acceptors (Lipinski definition) is 3. The maximum absolute atomic E-state index is 8.07. The number of rotatable bonds is 3. The largest absolute Gasteiger partial charge is 0.351 e. The molecule has 0 fully saturated rings. The van der Waals surface area contributed by atoms with Crippen LogP contribution in [0.1, 0.15) is 30.1 Å². The molecule has 0 saturated heterocycles. The van der Waals surface area contributed by atoms with Crippen molar-refractivity contribution in [1.82, 2.24) is 9.97 Å². The third-order valence-corrected chi connectivity index (χ3v) is 5.76. The van der Waals surface area contributed by atoms with Gasteiger partial charge in [0, 0.05) is 54.3 Å². The van der Waals surface area contributed by atoms with Crippen LogP contribution < -0.4 is 0 Å². The number of thioether (sulfide) groups is 1. The zero-order chi connectivity index (χ0) is 26.8. The molecular weight excluding hydrogens is 601 g/mol. The van der Waals surface area contributed by atoms with Crippen LogP contribution in [0.15, 0.2) is 115 Å². The average Bonchev–Trinajstić information content (AvgIpc) is 3.22. The molecule has 1 radical (unpaired) electrons. The summed E-state index contributed by atoms with van der Waals surface area (Å²) in [6, 6.07) is 25.6. The Morgan fingerprint density at radius 1 is 1.09 bits per heavy atom. The first kappa shape index (κ1) is 19.7. The number of nitrogens with zero attached hydrogens (tertiary/aromatic N) is 2. The summed E-state index contributed by atoms with van der Waals surface area (Å²) in [5.74, 6) is 0. The van der Waals surface area contributed by atoms with Gasteiger partial charge in [0.15, 0.2) is 0 Å². The number of aryl methyl sites for hydroxylation is 1. The van der Waals surface area contributed by atoms with Crippen molar-refractivity contribution < 1.29 is 27.0 Å². The average molecular weight is 632 g/mol. The van der Waals surface area contributed by atoms with Crippen LogP contribution in [0, 0.1) is 19.5 Å². The van der Waals surface area contributed by atoms with Gasteiger partial charge in [-0.15, -0.1) is 17.8 Å². The SMILES string of the molecule is [2H]c1c(C([2H])([2H])[2H])cnc(C(=[CH-])CC2Sc3ccccc3C2=C)c1[2H].[Ir].[c-]1ccccc1.c1ccncc1. The Morgan fingerprint density at radius 3 is 2.36 bits per heavy atom. The van der Waals surface area contributed by atoms with Gasteiger partial charge in [0.05, 0.1) is 1.37 Å². The second-order valence-corrected chi connectivity index (χ2v) is 7.97. The molecule has 2 aromatic carbocycles. The third-order valence-electron chi connectivity index (χ3n) is 4.41. The zero-order valence-electron chi connectivity index (χ0n) is 22.9. The second-order valence-electron chi connectivity index (χ2n) is 6.73. The number of benzene rings is 2. The molecule has 4 aromatic rings. The summed E-state index contributed by atoms with van der Waals surface area (Å²) in [5.41, 5.74) is 2.37. The van der Waals surface area contributed by atoms with Crippen LogP contribution in [-0.2, 0) is 20.1 Å². The van der Waals surface area contributed by atoms with Crippen molar-refractivity contribution in [3.8, 4) is 0 Å². The summed E-state index contributed by atoms with van der Waals surface area (Å²) in [6.45, 7) is 7.83. The van der Waals surface area contributed by atoms with E-state index in [1.165, 1.54) is 0 Å². The van der Waals surface area contributed by atoms with E-state index in [2.05, 4.69) is 22.6 Å². The van der Waals surface area contributed by atoms with Crippen LogP contribution in [-0.4, -0.2) is 15.2 Å². The van der Waals surface area contributed by atoms with Crippen LogP contribution >= 0.6 is 11.8 Å². The first-order valence-electron chi connectivity index (χ1n) is 12.5. The molecule has 169 valence electrons. The monoisotopic (exact) mass is 632 g/mol. The topological polar surface area (TPSA) is 25.8 Å². The first-order valence-corrected chi connectivity index (χ1v) is 10.9. The smallest absolute Gasteiger partial charge is 0.0611 e. The third kappa shape index (κ3) is 8.58. The van der Waals surface area contributed by atoms with E-state index in [0.29, 0.717) is 12.0 Å². The van der Waals surface area contributed by atoms with E-state index in [1.807, 2.05) is 72.8 Å². The van der Waals surface area contributed by atoms with Crippen molar-refractivity contribution in [2.75, 3.05) is 0 Å². The molecule has 33 heavy (non-hydrogen) atoms. The standard InChI is InChI=1S/C18H16NS.C6H5.C5H5N.Ir/c1-12-8-9-16(19-11-12)13(2)10-18-14(3)15-6-4-5-7-17(15)20-18;2*1-2-4-6-5-3-1;/h2,4-9,11,18H,3,10H2,1H3;2*1-5H;/q2*-1;;/i1D3,8D,9D;;;. The van der Waals surface area contributed by atoms with E-state index in [0.717, 1.165) is 22.2 Å². The van der Waals surface area contributed by atoms with E-state index < -0.39 is 6.85 Å². The van der Waals surface area contributed by atoms with Gasteiger partial charge in [-0.2, -0.15) is 36.4 Å². The van der Waals surface area contributed by atoms with Crippen molar-refractivity contribution in [3.05, 3.63) is 140 Å². The summed E-state index contributed by atoms with van der Waals surface area (Å²) in [7, 11) is 0. The Labute approximate surface area is 222 Å². The Morgan fingerprint density at radius 2 is 1.82 bits per heavy atom. The summed E-state index contributed by atoms with van der Waals surface area (Å²) in [5, 5.41) is 0.0371. The Hall–Kier alpha value is -2.78. The first-order chi connectivity index (χ1) is 17.7. The zero-order valence-corrected chi connectivity index (χ0v) is 21.1. The molecule has 0 amide bonds. The molecule has 1 unspecified atom stereocenters. The molecule has 0 bridgehead atoms. The van der Waals surface area contributed by atoms with E-state index in [1.54, 1.807) is 24.2 Å². The van der Waals surface area contributed by atoms with Gasteiger partial charge >= 0.3 is 0 Å². The number of allylic oxidation sites excluding steroid dienone is 1. The van der Waals surface area contributed by atoms with Gasteiger partial charge < -0.3 is 4.98 Å². The Kier molecular flexibility index (Phi) is 8.57. The molecule has 0 aliphatic carbocycles. The predicted octanol–water partition coefficient (Wildman–Crippen LogP) is 7.35. The number of aromatic nitrogens is 2. The normalized spacial score (nSPS) is 15.8. The molecule has 4 heteroatoms. The van der Waals surface area contributed by atoms with Gasteiger partial charge in [-0.05, 0) is 48.2 Å². The summed E-state index contributed by atoms with van der Waals surface area (Å²) in [4.78, 5) is 8.98. The number of pyridine rings is 2. The summed E-state index contributed by atoms with van der Waals surface area (Å²) < 4.78 is 38.2. The molecule has 1 atom stereocenters. The molecule has 0 N–H and O–H groups in total. The van der Waals surface area contributed by atoms with Gasteiger partial charge in [0.2, 0.25) is 0 Å². The summed E-state index contributed by atoms with van der Waals surface area (Å²) >= 11 is 1.66. The Bertz CT molecular complexity index is 1250. The van der Waals surface area contributed by atoms with E-state index in [4.69, 9.17) is 13.4 Å². The minimum atomic E-state index is -2.47. The van der Waals surface area contributed by atoms with Crippen molar-refractivity contribution in [3.63, 3.8) is 0 Å². The van der Waals surface area contributed by atoms with Crippen LogP contribution in [0.5, 0.6) is 0 Å². The predicted molar refractivity (Wildman–Crippen MR) is 136 cm³/mol. The minimum Gasteiger partial charge on any atom is -0.351 e. The van der Waals surface area contributed by atoms with Crippen LogP contribution in [0.3, 0.4) is 0 Å². The second kappa shape index (κ2) is 14.4. The van der Waals surface area contributed by atoms with E-state index >= 15 is 0 Å². The molecule has 2 nitrogen and oxygen atoms in total. The van der Waals surface area contributed by atoms with Crippen molar-refractivity contribution in [2.24, 2.45) is 0 Å². The fourth-order valence-electron chi connectivity index (χ4n) is 2.83. The van der Waals surface area contributed by atoms with Crippen molar-refractivity contribution >= 4 is 22.9 Å². The van der Waals surface area contributed by atoms with Gasteiger partial charge in [-0.25, -0.2) is 5.57 Å². The van der Waals surface area contributed by atoms with Gasteiger partial charge in [0.1, 0.15) is 0 Å². The number of fused-ring (bicyclic) bond motifs is 1. The van der Waals surface area contributed by atoms with E-state index in [9.17, 15) is 0 Å². The fraction of sp³-hybridized carbons (Fsp3) is 0.103. The maximum atomic E-state index is 8.07. The van der Waals surface area contributed by atoms with Gasteiger partial charge in [0.25, 0.3) is 0 Å². The fourth-order valence-corrected chi connectivity index (χ4v) is 4.15. The number of hydrogen-bond donors (Lipinski definition) is 0. The van der Waals surface area contributed by atoms with E-state index in [-0.39, 0.29) is 48.7 Å². The molecule has 1 aliphatic heterocycles. The van der Waals surface area contributed by atoms with Crippen molar-refractivity contribution in [2.45, 2.75) is 23.4 Å². The molecule has 1 aliphatic rings. The molecule has 0 saturated carbocycles. The van der Waals surface area contributed by atoms with Crippen LogP contribution in [0.4, 0.5) is 0 Å². The van der Waals surface area contributed by atoms with Crippen LogP contribution in [0.25, 0.3) is 11.1 Å². The maximum Gasteiger partial charge on any atom is 0.0611 e. The molecule has 3 heterocycles.